The van der Waals surface area contributed by atoms with E-state index >= 15 is 0 Å². The van der Waals surface area contributed by atoms with Gasteiger partial charge < -0.3 is 30.0 Å². The van der Waals surface area contributed by atoms with Crippen LogP contribution in [0.25, 0.3) is 24.3 Å². The van der Waals surface area contributed by atoms with Crippen LogP contribution in [0.2, 0.25) is 0 Å². The van der Waals surface area contributed by atoms with Gasteiger partial charge in [0.2, 0.25) is 0 Å². The van der Waals surface area contributed by atoms with E-state index in [1.807, 2.05) is 60.7 Å². The van der Waals surface area contributed by atoms with Gasteiger partial charge in [0.1, 0.15) is 0 Å². The van der Waals surface area contributed by atoms with Crippen molar-refractivity contribution < 1.29 is 10.0 Å². The normalized spacial score (nSPS) is 12.5. The summed E-state index contributed by atoms with van der Waals surface area (Å²) in [5.41, 5.74) is 4.14. The molecule has 1 aliphatic rings. The van der Waals surface area contributed by atoms with Gasteiger partial charge in [0.05, 0.1) is 0 Å². The molecule has 132 valence electrons. The van der Waals surface area contributed by atoms with Crippen LogP contribution in [0.3, 0.4) is 0 Å². The Hall–Kier alpha value is -3.42. The summed E-state index contributed by atoms with van der Waals surface area (Å²) in [4.78, 5) is 13.3. The lowest BCUT2D eigenvalue weighted by Gasteiger charge is -1.93. The maximum Gasteiger partial charge on any atom is 0.490 e. The van der Waals surface area contributed by atoms with Gasteiger partial charge >= 0.3 is 7.12 Å². The summed E-state index contributed by atoms with van der Waals surface area (Å²) >= 11 is 0. The first kappa shape index (κ1) is 15.8. The molecule has 8 bridgehead atoms. The van der Waals surface area contributed by atoms with Gasteiger partial charge in [-0.25, -0.2) is 0 Å². The zero-order chi connectivity index (χ0) is 18.4. The largest absolute Gasteiger partial charge is 0.490 e. The van der Waals surface area contributed by atoms with Crippen LogP contribution in [0.15, 0.2) is 42.5 Å². The van der Waals surface area contributed by atoms with Gasteiger partial charge in [0, 0.05) is 49.6 Å². The van der Waals surface area contributed by atoms with E-state index in [0.717, 1.165) is 38.8 Å². The first-order valence-corrected chi connectivity index (χ1v) is 8.67. The summed E-state index contributed by atoms with van der Waals surface area (Å²) in [5.74, 6) is 0. The van der Waals surface area contributed by atoms with Crippen molar-refractivity contribution in [3.8, 4) is 0 Å². The van der Waals surface area contributed by atoms with Crippen molar-refractivity contribution in [3.63, 3.8) is 0 Å². The van der Waals surface area contributed by atoms with E-state index < -0.39 is 7.12 Å². The van der Waals surface area contributed by atoms with Gasteiger partial charge in [-0.15, -0.1) is 0 Å². The zero-order valence-electron chi connectivity index (χ0n) is 14.3. The summed E-state index contributed by atoms with van der Waals surface area (Å²) in [6, 6.07) is 13.7. The molecule has 0 atom stereocenters. The quantitative estimate of drug-likeness (QED) is 0.202. The van der Waals surface area contributed by atoms with Crippen LogP contribution in [0, 0.1) is 0 Å². The van der Waals surface area contributed by atoms with Crippen molar-refractivity contribution in [2.75, 3.05) is 0 Å². The van der Waals surface area contributed by atoms with Gasteiger partial charge in [-0.1, -0.05) is 0 Å². The van der Waals surface area contributed by atoms with Crippen molar-refractivity contribution in [1.29, 1.82) is 0 Å². The lowest BCUT2D eigenvalue weighted by Crippen LogP contribution is -2.40. The third-order valence-electron chi connectivity index (χ3n) is 4.61. The molecule has 1 aliphatic heterocycles. The summed E-state index contributed by atoms with van der Waals surface area (Å²) in [5, 5.41) is 22.9. The fourth-order valence-corrected chi connectivity index (χ4v) is 3.37. The second-order valence-corrected chi connectivity index (χ2v) is 6.65. The first-order chi connectivity index (χ1) is 13.1. The Balaban J connectivity index is 1.80. The van der Waals surface area contributed by atoms with E-state index in [1.165, 1.54) is 0 Å². The van der Waals surface area contributed by atoms with Gasteiger partial charge in [-0.05, 0) is 66.8 Å². The van der Waals surface area contributed by atoms with Crippen LogP contribution in [-0.4, -0.2) is 37.1 Å². The molecular weight excluding hydrogens is 339 g/mol. The first-order valence-electron chi connectivity index (χ1n) is 8.67. The highest BCUT2D eigenvalue weighted by Crippen LogP contribution is 2.04. The molecule has 4 aromatic rings. The molecule has 6 nitrogen and oxygen atoms in total. The molecule has 0 spiro atoms. The average Bonchev–Trinajstić information content (AvgIpc) is 3.38. The smallest absolute Gasteiger partial charge is 0.423 e. The van der Waals surface area contributed by atoms with E-state index in [2.05, 4.69) is 19.9 Å². The van der Waals surface area contributed by atoms with Crippen LogP contribution >= 0.6 is 0 Å². The summed E-state index contributed by atoms with van der Waals surface area (Å²) in [6.07, 6.45) is 7.86. The molecule has 5 rings (SSSR count). The molecule has 0 unspecified atom stereocenters. The van der Waals surface area contributed by atoms with Gasteiger partial charge in [-0.2, -0.15) is 0 Å². The lowest BCUT2D eigenvalue weighted by atomic mass is 9.81. The van der Waals surface area contributed by atoms with Crippen LogP contribution in [-0.2, 0) is 0 Å². The van der Waals surface area contributed by atoms with E-state index in [-0.39, 0.29) is 0 Å². The Morgan fingerprint density at radius 3 is 1.63 bits per heavy atom. The molecule has 0 aliphatic carbocycles. The molecule has 0 saturated carbocycles. The molecule has 0 fully saturated rings. The zero-order valence-corrected chi connectivity index (χ0v) is 14.3. The monoisotopic (exact) mass is 356 g/mol. The predicted molar refractivity (Wildman–Crippen MR) is 106 cm³/mol. The topological polar surface area (TPSA) is 104 Å². The SMILES string of the molecule is OB(O)c1cc2[nH]c1=Cc1ccc([nH]1)C=c1ccc([nH]1)=Cc1ccc([nH]1)C=2. The standard InChI is InChI=1S/C20H17BN4O2/c26-21(27)19-10-18-9-16-4-3-14(23-16)7-12-1-2-13(22-12)8-15-5-6-17(24-15)11-20(19)25-18/h1-11,22-27H. The molecule has 27 heavy (non-hydrogen) atoms. The van der Waals surface area contributed by atoms with E-state index in [4.69, 9.17) is 0 Å². The maximum absolute atomic E-state index is 9.72. The third-order valence-corrected chi connectivity index (χ3v) is 4.61. The number of rotatable bonds is 1. The van der Waals surface area contributed by atoms with Gasteiger partial charge in [0.15, 0.2) is 0 Å². The van der Waals surface area contributed by atoms with Gasteiger partial charge in [0.25, 0.3) is 0 Å². The Labute approximate surface area is 154 Å². The summed E-state index contributed by atoms with van der Waals surface area (Å²) < 4.78 is 0. The molecular formula is C20H17BN4O2. The van der Waals surface area contributed by atoms with Crippen LogP contribution in [0.4, 0.5) is 0 Å². The Kier molecular flexibility index (Phi) is 3.56. The minimum absolute atomic E-state index is 0.428. The molecule has 6 N–H and O–H groups in total. The van der Waals surface area contributed by atoms with E-state index in [0.29, 0.717) is 10.8 Å². The van der Waals surface area contributed by atoms with Crippen molar-refractivity contribution in [2.45, 2.75) is 0 Å². The van der Waals surface area contributed by atoms with Crippen molar-refractivity contribution in [2.24, 2.45) is 0 Å². The molecule has 5 heterocycles. The highest BCUT2D eigenvalue weighted by molar-refractivity contribution is 6.58. The average molecular weight is 356 g/mol. The van der Waals surface area contributed by atoms with Crippen LogP contribution < -0.4 is 26.9 Å². The van der Waals surface area contributed by atoms with E-state index in [1.54, 1.807) is 6.07 Å². The molecule has 0 radical (unpaired) electrons. The fraction of sp³-hybridized carbons (Fsp3) is 0. The van der Waals surface area contributed by atoms with E-state index in [9.17, 15) is 10.0 Å². The van der Waals surface area contributed by atoms with Gasteiger partial charge in [-0.3, -0.25) is 0 Å². The number of hydrogen-bond donors (Lipinski definition) is 6. The Bertz CT molecular complexity index is 1370. The Morgan fingerprint density at radius 1 is 0.556 bits per heavy atom. The molecule has 0 aromatic carbocycles. The Morgan fingerprint density at radius 2 is 1.07 bits per heavy atom. The number of fused-ring (bicyclic) bond motifs is 8. The van der Waals surface area contributed by atoms with Crippen molar-refractivity contribution in [3.05, 3.63) is 86.6 Å². The molecule has 0 saturated heterocycles. The van der Waals surface area contributed by atoms with Crippen LogP contribution in [0.1, 0.15) is 22.8 Å². The van der Waals surface area contributed by atoms with Crippen molar-refractivity contribution in [1.82, 2.24) is 19.9 Å². The number of aromatic nitrogens is 4. The number of H-pyrrole nitrogens is 4. The predicted octanol–water partition coefficient (Wildman–Crippen LogP) is -1.69. The second kappa shape index (κ2) is 6.08. The van der Waals surface area contributed by atoms with Crippen LogP contribution in [0.5, 0.6) is 0 Å². The molecule has 0 amide bonds. The lowest BCUT2D eigenvalue weighted by molar-refractivity contribution is 0.425. The highest BCUT2D eigenvalue weighted by Gasteiger charge is 2.14. The number of aromatic amines is 4. The number of nitrogens with one attached hydrogen (secondary N) is 4. The summed E-state index contributed by atoms with van der Waals surface area (Å²) in [6.45, 7) is 0. The maximum atomic E-state index is 9.72. The minimum Gasteiger partial charge on any atom is -0.423 e. The summed E-state index contributed by atoms with van der Waals surface area (Å²) in [7, 11) is -1.55. The highest BCUT2D eigenvalue weighted by atomic mass is 16.4. The number of hydrogen-bond acceptors (Lipinski definition) is 2. The third kappa shape index (κ3) is 3.10. The fourth-order valence-electron chi connectivity index (χ4n) is 3.37. The molecule has 4 aromatic heterocycles. The minimum atomic E-state index is -1.55. The van der Waals surface area contributed by atoms with Crippen molar-refractivity contribution >= 4 is 36.9 Å². The second-order valence-electron chi connectivity index (χ2n) is 6.65. The molecule has 7 heteroatoms.